The number of ether oxygens (including phenoxy) is 1. The van der Waals surface area contributed by atoms with Gasteiger partial charge in [0.1, 0.15) is 12.4 Å². The number of aryl methyl sites for hydroxylation is 2. The number of hydrogen-bond donors (Lipinski definition) is 2. The second-order valence-electron chi connectivity index (χ2n) is 9.16. The summed E-state index contributed by atoms with van der Waals surface area (Å²) in [7, 11) is 0. The van der Waals surface area contributed by atoms with Gasteiger partial charge in [0.15, 0.2) is 5.60 Å². The smallest absolute Gasteiger partial charge is 0.343 e. The predicted molar refractivity (Wildman–Crippen MR) is 121 cm³/mol. The quantitative estimate of drug-likeness (QED) is 0.442. The Kier molecular flexibility index (Phi) is 4.29. The van der Waals surface area contributed by atoms with Crippen molar-refractivity contribution in [1.82, 2.24) is 9.55 Å². The second-order valence-corrected chi connectivity index (χ2v) is 9.16. The minimum Gasteiger partial charge on any atom is -0.458 e. The highest BCUT2D eigenvalue weighted by atomic mass is 19.1. The normalized spacial score (nSPS) is 19.9. The Hall–Kier alpha value is -3.59. The molecule has 6 rings (SSSR count). The lowest BCUT2D eigenvalue weighted by molar-refractivity contribution is -0.172. The number of pyridine rings is 2. The fraction of sp³-hybridized carbons (Fsp3) is 0.360. The van der Waals surface area contributed by atoms with Gasteiger partial charge in [-0.05, 0) is 42.9 Å². The van der Waals surface area contributed by atoms with Crippen molar-refractivity contribution in [2.24, 2.45) is 0 Å². The van der Waals surface area contributed by atoms with E-state index < -0.39 is 17.4 Å². The van der Waals surface area contributed by atoms with E-state index in [0.29, 0.717) is 29.9 Å². The number of carbonyl (C=O) groups is 2. The van der Waals surface area contributed by atoms with E-state index in [4.69, 9.17) is 9.72 Å². The number of nitrogens with one attached hydrogen (secondary N) is 1. The van der Waals surface area contributed by atoms with Crippen molar-refractivity contribution in [2.75, 3.05) is 5.32 Å². The van der Waals surface area contributed by atoms with E-state index in [0.717, 1.165) is 34.9 Å². The zero-order valence-electron chi connectivity index (χ0n) is 18.7. The number of amides is 1. The Labute approximate surface area is 193 Å². The number of aliphatic hydroxyl groups is 1. The molecule has 0 unspecified atom stereocenters. The first-order valence-corrected chi connectivity index (χ1v) is 11.4. The van der Waals surface area contributed by atoms with Crippen LogP contribution < -0.4 is 10.9 Å². The number of cyclic esters (lactones) is 1. The number of halogens is 1. The summed E-state index contributed by atoms with van der Waals surface area (Å²) >= 11 is 0. The van der Waals surface area contributed by atoms with Gasteiger partial charge in [0.2, 0.25) is 5.91 Å². The number of nitrogens with zero attached hydrogens (tertiary/aromatic N) is 2. The third-order valence-corrected chi connectivity index (χ3v) is 7.30. The van der Waals surface area contributed by atoms with Crippen molar-refractivity contribution < 1.29 is 23.8 Å². The molecule has 0 saturated carbocycles. The van der Waals surface area contributed by atoms with Gasteiger partial charge < -0.3 is 19.7 Å². The fourth-order valence-corrected chi connectivity index (χ4v) is 5.67. The molecule has 0 spiro atoms. The molecule has 1 atom stereocenters. The molecule has 1 aliphatic carbocycles. The summed E-state index contributed by atoms with van der Waals surface area (Å²) in [5.74, 6) is -1.67. The second kappa shape index (κ2) is 6.96. The number of rotatable bonds is 2. The van der Waals surface area contributed by atoms with E-state index in [1.807, 2.05) is 0 Å². The highest BCUT2D eigenvalue weighted by Crippen LogP contribution is 2.44. The first kappa shape index (κ1) is 21.0. The molecule has 1 amide bonds. The van der Waals surface area contributed by atoms with Crippen LogP contribution in [-0.2, 0) is 45.9 Å². The Morgan fingerprint density at radius 2 is 2.00 bits per heavy atom. The van der Waals surface area contributed by atoms with Crippen molar-refractivity contribution in [2.45, 2.75) is 58.3 Å². The zero-order chi connectivity index (χ0) is 23.9. The monoisotopic (exact) mass is 463 g/mol. The molecule has 0 radical (unpaired) electrons. The van der Waals surface area contributed by atoms with Crippen LogP contribution in [0, 0.1) is 5.82 Å². The molecule has 2 aromatic heterocycles. The molecule has 8 nitrogen and oxygen atoms in total. The maximum atomic E-state index is 15.0. The molecule has 3 aromatic rings. The van der Waals surface area contributed by atoms with Gasteiger partial charge >= 0.3 is 5.97 Å². The van der Waals surface area contributed by atoms with Crippen molar-refractivity contribution in [3.8, 4) is 11.4 Å². The number of fused-ring (bicyclic) bond motifs is 5. The molecule has 4 heterocycles. The van der Waals surface area contributed by atoms with Gasteiger partial charge in [-0.15, -0.1) is 0 Å². The highest BCUT2D eigenvalue weighted by molar-refractivity contribution is 5.99. The lowest BCUT2D eigenvalue weighted by atomic mass is 9.85. The number of anilines is 1. The van der Waals surface area contributed by atoms with Crippen LogP contribution in [0.5, 0.6) is 0 Å². The number of aromatic nitrogens is 2. The summed E-state index contributed by atoms with van der Waals surface area (Å²) in [5.41, 5.74) is 2.57. The highest BCUT2D eigenvalue weighted by Gasteiger charge is 2.45. The molecule has 2 aliphatic heterocycles. The van der Waals surface area contributed by atoms with Crippen LogP contribution in [0.1, 0.15) is 54.5 Å². The maximum absolute atomic E-state index is 15.0. The molecule has 9 heteroatoms. The van der Waals surface area contributed by atoms with Gasteiger partial charge in [-0.1, -0.05) is 6.92 Å². The van der Waals surface area contributed by atoms with E-state index in [2.05, 4.69) is 5.32 Å². The minimum atomic E-state index is -1.90. The molecule has 0 bridgehead atoms. The van der Waals surface area contributed by atoms with Crippen LogP contribution in [0.4, 0.5) is 10.1 Å². The largest absolute Gasteiger partial charge is 0.458 e. The molecule has 0 saturated heterocycles. The molecule has 0 fully saturated rings. The molecule has 2 N–H and O–H groups in total. The number of hydrogen-bond acceptors (Lipinski definition) is 6. The summed E-state index contributed by atoms with van der Waals surface area (Å²) in [6.45, 7) is 3.10. The number of carbonyl (C=O) groups excluding carboxylic acids is 2. The average Bonchev–Trinajstić information content (AvgIpc) is 3.18. The van der Waals surface area contributed by atoms with Crippen LogP contribution in [0.15, 0.2) is 16.9 Å². The van der Waals surface area contributed by atoms with Crippen molar-refractivity contribution in [3.63, 3.8) is 0 Å². The summed E-state index contributed by atoms with van der Waals surface area (Å²) in [5, 5.41) is 14.5. The van der Waals surface area contributed by atoms with Crippen LogP contribution >= 0.6 is 0 Å². The molecule has 34 heavy (non-hydrogen) atoms. The third kappa shape index (κ3) is 2.61. The topological polar surface area (TPSA) is 111 Å². The number of esters is 1. The minimum absolute atomic E-state index is 0.0610. The Morgan fingerprint density at radius 3 is 2.74 bits per heavy atom. The average molecular weight is 463 g/mol. The first-order chi connectivity index (χ1) is 16.2. The van der Waals surface area contributed by atoms with E-state index in [1.54, 1.807) is 17.6 Å². The standard InChI is InChI=1S/C25H22FN3O5/c1-3-25(33)16-7-19-22-14(9-29(19)23(31)15(16)10-34-24(25)32)12-5-4-6-13-20(12)18(28-22)8-17(26)21(13)27-11(2)30/h7-8,33H,3-6,9-10H2,1-2H3,(H,27,30)/t25-/m0/s1. The van der Waals surface area contributed by atoms with E-state index in [9.17, 15) is 19.5 Å². The van der Waals surface area contributed by atoms with Crippen LogP contribution in [-0.4, -0.2) is 26.5 Å². The molecule has 3 aliphatic rings. The molecular weight excluding hydrogens is 441 g/mol. The van der Waals surface area contributed by atoms with Gasteiger partial charge in [0.25, 0.3) is 5.56 Å². The Balaban J connectivity index is 1.64. The van der Waals surface area contributed by atoms with Crippen molar-refractivity contribution in [1.29, 1.82) is 0 Å². The first-order valence-electron chi connectivity index (χ1n) is 11.4. The Morgan fingerprint density at radius 1 is 1.24 bits per heavy atom. The lowest BCUT2D eigenvalue weighted by Gasteiger charge is -2.31. The van der Waals surface area contributed by atoms with Crippen molar-refractivity contribution in [3.05, 3.63) is 56.1 Å². The summed E-state index contributed by atoms with van der Waals surface area (Å²) in [6, 6.07) is 2.97. The van der Waals surface area contributed by atoms with Crippen molar-refractivity contribution >= 4 is 28.5 Å². The molecule has 174 valence electrons. The summed E-state index contributed by atoms with van der Waals surface area (Å²) < 4.78 is 21.7. The van der Waals surface area contributed by atoms with Crippen LogP contribution in [0.2, 0.25) is 0 Å². The van der Waals surface area contributed by atoms with Gasteiger partial charge in [-0.3, -0.25) is 9.59 Å². The maximum Gasteiger partial charge on any atom is 0.343 e. The van der Waals surface area contributed by atoms with E-state index in [1.165, 1.54) is 13.0 Å². The zero-order valence-corrected chi connectivity index (χ0v) is 18.7. The van der Waals surface area contributed by atoms with Gasteiger partial charge in [0, 0.05) is 29.5 Å². The molecule has 1 aromatic carbocycles. The third-order valence-electron chi connectivity index (χ3n) is 7.30. The van der Waals surface area contributed by atoms with Crippen LogP contribution in [0.25, 0.3) is 22.3 Å². The number of benzene rings is 1. The van der Waals surface area contributed by atoms with Gasteiger partial charge in [-0.25, -0.2) is 14.2 Å². The van der Waals surface area contributed by atoms with E-state index >= 15 is 4.39 Å². The lowest BCUT2D eigenvalue weighted by Crippen LogP contribution is -2.44. The Bertz CT molecular complexity index is 1530. The van der Waals surface area contributed by atoms with E-state index in [-0.39, 0.29) is 41.3 Å². The summed E-state index contributed by atoms with van der Waals surface area (Å²) in [4.78, 5) is 42.2. The molecular formula is C25H22FN3O5. The fourth-order valence-electron chi connectivity index (χ4n) is 5.67. The van der Waals surface area contributed by atoms with Gasteiger partial charge in [-0.2, -0.15) is 0 Å². The van der Waals surface area contributed by atoms with Gasteiger partial charge in [0.05, 0.1) is 34.7 Å². The van der Waals surface area contributed by atoms with Crippen LogP contribution in [0.3, 0.4) is 0 Å². The summed E-state index contributed by atoms with van der Waals surface area (Å²) in [6.07, 6.45) is 2.18. The predicted octanol–water partition coefficient (Wildman–Crippen LogP) is 2.67. The SMILES string of the molecule is CC[C@@]1(O)C(=O)OCc2c1cc1n(c2=O)Cc2c-1nc1cc(F)c(NC(C)=O)c3c1c2CCC3.